The maximum atomic E-state index is 11.4. The van der Waals surface area contributed by atoms with Gasteiger partial charge in [0.25, 0.3) is 0 Å². The molecule has 0 saturated heterocycles. The SMILES string of the molecule is CCCCOC(=O)c1ccc(C(=O)[O-])cc1.CCCCOC(=O)c1ccc(C(=O)[O-])cc1.[Cu+2]. The van der Waals surface area contributed by atoms with Gasteiger partial charge < -0.3 is 29.3 Å². The summed E-state index contributed by atoms with van der Waals surface area (Å²) in [5.74, 6) is -3.38. The molecule has 0 saturated carbocycles. The van der Waals surface area contributed by atoms with Gasteiger partial charge in [0.2, 0.25) is 0 Å². The quantitative estimate of drug-likeness (QED) is 0.272. The Balaban J connectivity index is 0.000000602. The zero-order chi connectivity index (χ0) is 23.9. The fourth-order valence-corrected chi connectivity index (χ4v) is 2.27. The number of carbonyl (C=O) groups excluding carboxylic acids is 4. The van der Waals surface area contributed by atoms with E-state index in [0.29, 0.717) is 24.3 Å². The van der Waals surface area contributed by atoms with E-state index >= 15 is 0 Å². The first kappa shape index (κ1) is 29.8. The Kier molecular flexibility index (Phi) is 14.9. The van der Waals surface area contributed by atoms with Crippen LogP contribution >= 0.6 is 0 Å². The van der Waals surface area contributed by atoms with Crippen molar-refractivity contribution in [3.8, 4) is 0 Å². The third kappa shape index (κ3) is 11.3. The summed E-state index contributed by atoms with van der Waals surface area (Å²) in [4.78, 5) is 43.8. The summed E-state index contributed by atoms with van der Waals surface area (Å²) in [5.41, 5.74) is 0.789. The topological polar surface area (TPSA) is 133 Å². The van der Waals surface area contributed by atoms with Crippen LogP contribution in [0.1, 0.15) is 81.0 Å². The number of rotatable bonds is 10. The van der Waals surface area contributed by atoms with Gasteiger partial charge in [0.1, 0.15) is 0 Å². The number of carbonyl (C=O) groups is 4. The van der Waals surface area contributed by atoms with Gasteiger partial charge in [-0.25, -0.2) is 9.59 Å². The second kappa shape index (κ2) is 16.5. The van der Waals surface area contributed by atoms with Gasteiger partial charge in [0.15, 0.2) is 0 Å². The van der Waals surface area contributed by atoms with E-state index in [0.717, 1.165) is 25.7 Å². The Labute approximate surface area is 203 Å². The molecule has 0 amide bonds. The molecule has 0 aliphatic carbocycles. The predicted octanol–water partition coefficient (Wildman–Crippen LogP) is 2.01. The molecule has 2 aromatic rings. The molecule has 8 nitrogen and oxygen atoms in total. The number of hydrogen-bond donors (Lipinski definition) is 0. The molecular weight excluding hydrogens is 480 g/mol. The molecule has 181 valence electrons. The van der Waals surface area contributed by atoms with Gasteiger partial charge in [-0.05, 0) is 48.2 Å². The monoisotopic (exact) mass is 505 g/mol. The van der Waals surface area contributed by atoms with Crippen molar-refractivity contribution < 1.29 is 55.9 Å². The van der Waals surface area contributed by atoms with E-state index in [4.69, 9.17) is 9.47 Å². The summed E-state index contributed by atoms with van der Waals surface area (Å²) in [7, 11) is 0. The van der Waals surface area contributed by atoms with Crippen molar-refractivity contribution in [3.63, 3.8) is 0 Å². The second-order valence-corrected chi connectivity index (χ2v) is 6.71. The largest absolute Gasteiger partial charge is 2.00 e. The van der Waals surface area contributed by atoms with Gasteiger partial charge in [-0.3, -0.25) is 0 Å². The van der Waals surface area contributed by atoms with Crippen molar-refractivity contribution in [2.75, 3.05) is 13.2 Å². The maximum absolute atomic E-state index is 11.4. The van der Waals surface area contributed by atoms with Crippen molar-refractivity contribution in [3.05, 3.63) is 70.8 Å². The van der Waals surface area contributed by atoms with Gasteiger partial charge in [0.05, 0.1) is 36.3 Å². The van der Waals surface area contributed by atoms with E-state index < -0.39 is 23.9 Å². The molecule has 9 heteroatoms. The predicted molar refractivity (Wildman–Crippen MR) is 112 cm³/mol. The van der Waals surface area contributed by atoms with Crippen LogP contribution in [0.3, 0.4) is 0 Å². The Morgan fingerprint density at radius 2 is 0.879 bits per heavy atom. The van der Waals surface area contributed by atoms with Crippen molar-refractivity contribution in [2.24, 2.45) is 0 Å². The van der Waals surface area contributed by atoms with Gasteiger partial charge >= 0.3 is 29.0 Å². The van der Waals surface area contributed by atoms with E-state index in [-0.39, 0.29) is 28.2 Å². The van der Waals surface area contributed by atoms with Crippen molar-refractivity contribution in [1.29, 1.82) is 0 Å². The van der Waals surface area contributed by atoms with Crippen LogP contribution in [0, 0.1) is 0 Å². The molecule has 2 rings (SSSR count). The number of ether oxygens (including phenoxy) is 2. The number of esters is 2. The molecule has 0 heterocycles. The molecule has 33 heavy (non-hydrogen) atoms. The van der Waals surface area contributed by atoms with Crippen LogP contribution in [0.2, 0.25) is 0 Å². The fraction of sp³-hybridized carbons (Fsp3) is 0.333. The van der Waals surface area contributed by atoms with Crippen LogP contribution < -0.4 is 10.2 Å². The average Bonchev–Trinajstić information content (AvgIpc) is 2.79. The Morgan fingerprint density at radius 1 is 0.606 bits per heavy atom. The van der Waals surface area contributed by atoms with Crippen LogP contribution in [0.25, 0.3) is 0 Å². The minimum atomic E-state index is -1.26. The van der Waals surface area contributed by atoms with Crippen molar-refractivity contribution in [1.82, 2.24) is 0 Å². The third-order valence-electron chi connectivity index (χ3n) is 4.17. The van der Waals surface area contributed by atoms with Crippen LogP contribution in [-0.4, -0.2) is 37.1 Å². The summed E-state index contributed by atoms with van der Waals surface area (Å²) in [5, 5.41) is 20.9. The Morgan fingerprint density at radius 3 is 1.12 bits per heavy atom. The summed E-state index contributed by atoms with van der Waals surface area (Å²) in [6, 6.07) is 11.0. The van der Waals surface area contributed by atoms with Crippen LogP contribution in [0.15, 0.2) is 48.5 Å². The van der Waals surface area contributed by atoms with Crippen molar-refractivity contribution >= 4 is 23.9 Å². The minimum Gasteiger partial charge on any atom is -0.545 e. The number of unbranched alkanes of at least 4 members (excludes halogenated alkanes) is 2. The van der Waals surface area contributed by atoms with E-state index in [2.05, 4.69) is 0 Å². The molecule has 0 spiro atoms. The molecule has 0 fully saturated rings. The van der Waals surface area contributed by atoms with Crippen molar-refractivity contribution in [2.45, 2.75) is 39.5 Å². The van der Waals surface area contributed by atoms with E-state index in [9.17, 15) is 29.4 Å². The van der Waals surface area contributed by atoms with Crippen LogP contribution in [-0.2, 0) is 26.5 Å². The Bertz CT molecular complexity index is 816. The number of carboxylic acids is 2. The molecule has 0 aliphatic rings. The van der Waals surface area contributed by atoms with E-state index in [1.54, 1.807) is 0 Å². The van der Waals surface area contributed by atoms with E-state index in [1.807, 2.05) is 13.8 Å². The van der Waals surface area contributed by atoms with Gasteiger partial charge in [-0.15, -0.1) is 0 Å². The minimum absolute atomic E-state index is 0. The third-order valence-corrected chi connectivity index (χ3v) is 4.17. The smallest absolute Gasteiger partial charge is 0.545 e. The maximum Gasteiger partial charge on any atom is 2.00 e. The van der Waals surface area contributed by atoms with Gasteiger partial charge in [-0.1, -0.05) is 51.0 Å². The standard InChI is InChI=1S/2C12H14O4.Cu/c2*1-2-3-8-16-12(15)10-6-4-9(5-7-10)11(13)14;/h2*4-7H,2-3,8H2,1H3,(H,13,14);/q;;+2/p-2. The second-order valence-electron chi connectivity index (χ2n) is 6.71. The molecule has 0 aliphatic heterocycles. The van der Waals surface area contributed by atoms with Crippen LogP contribution in [0.4, 0.5) is 0 Å². The number of hydrogen-bond acceptors (Lipinski definition) is 8. The average molecular weight is 506 g/mol. The molecule has 0 aromatic heterocycles. The summed E-state index contributed by atoms with van der Waals surface area (Å²) in [6.07, 6.45) is 3.56. The fourth-order valence-electron chi connectivity index (χ4n) is 2.27. The molecular formula is C24H26CuO8. The first-order valence-corrected chi connectivity index (χ1v) is 10.3. The number of benzene rings is 2. The summed E-state index contributed by atoms with van der Waals surface area (Å²) < 4.78 is 9.93. The van der Waals surface area contributed by atoms with Gasteiger partial charge in [0, 0.05) is 0 Å². The summed E-state index contributed by atoms with van der Waals surface area (Å²) >= 11 is 0. The molecule has 1 radical (unpaired) electrons. The zero-order valence-corrected chi connectivity index (χ0v) is 19.4. The molecule has 0 atom stereocenters. The van der Waals surface area contributed by atoms with Crippen LogP contribution in [0.5, 0.6) is 0 Å². The van der Waals surface area contributed by atoms with Gasteiger partial charge in [-0.2, -0.15) is 0 Å². The zero-order valence-electron chi connectivity index (χ0n) is 18.4. The first-order valence-electron chi connectivity index (χ1n) is 10.3. The summed E-state index contributed by atoms with van der Waals surface area (Å²) in [6.45, 7) is 4.78. The number of aromatic carboxylic acids is 2. The van der Waals surface area contributed by atoms with E-state index in [1.165, 1.54) is 48.5 Å². The Hall–Kier alpha value is -3.16. The first-order chi connectivity index (χ1) is 15.3. The molecule has 0 N–H and O–H groups in total. The number of carboxylic acid groups (broad SMARTS) is 2. The molecule has 2 aromatic carbocycles. The normalized spacial score (nSPS) is 9.52. The molecule has 0 bridgehead atoms. The molecule has 0 unspecified atom stereocenters.